The van der Waals surface area contributed by atoms with Crippen molar-refractivity contribution >= 4 is 5.97 Å². The first-order chi connectivity index (χ1) is 6.40. The molecule has 0 radical (unpaired) electrons. The molecule has 0 fully saturated rings. The number of allylic oxidation sites excluding steroid dienone is 1. The SMILES string of the molecule is C=CCC[C@H](NC)C(=O)OC(C)(C)C. The van der Waals surface area contributed by atoms with Crippen LogP contribution >= 0.6 is 0 Å². The van der Waals surface area contributed by atoms with Crippen LogP contribution in [-0.4, -0.2) is 24.7 Å². The average molecular weight is 199 g/mol. The van der Waals surface area contributed by atoms with Crippen molar-refractivity contribution in [1.82, 2.24) is 5.32 Å². The summed E-state index contributed by atoms with van der Waals surface area (Å²) in [4.78, 5) is 11.6. The van der Waals surface area contributed by atoms with Crippen molar-refractivity contribution in [3.8, 4) is 0 Å². The molecule has 0 aliphatic carbocycles. The average Bonchev–Trinajstić information content (AvgIpc) is 2.02. The summed E-state index contributed by atoms with van der Waals surface area (Å²) in [6.45, 7) is 9.22. The van der Waals surface area contributed by atoms with Crippen LogP contribution in [0.2, 0.25) is 0 Å². The Labute approximate surface area is 86.5 Å². The van der Waals surface area contributed by atoms with Crippen molar-refractivity contribution < 1.29 is 9.53 Å². The van der Waals surface area contributed by atoms with E-state index in [1.807, 2.05) is 20.8 Å². The summed E-state index contributed by atoms with van der Waals surface area (Å²) < 4.78 is 5.25. The van der Waals surface area contributed by atoms with Gasteiger partial charge in [-0.2, -0.15) is 0 Å². The van der Waals surface area contributed by atoms with Gasteiger partial charge in [-0.05, 0) is 40.7 Å². The Bertz CT molecular complexity index is 194. The minimum Gasteiger partial charge on any atom is -0.459 e. The van der Waals surface area contributed by atoms with Crippen LogP contribution in [0, 0.1) is 0 Å². The highest BCUT2D eigenvalue weighted by Crippen LogP contribution is 2.10. The highest BCUT2D eigenvalue weighted by Gasteiger charge is 2.22. The molecule has 0 bridgehead atoms. The van der Waals surface area contributed by atoms with Gasteiger partial charge in [0.15, 0.2) is 0 Å². The van der Waals surface area contributed by atoms with Crippen LogP contribution in [0.1, 0.15) is 33.6 Å². The van der Waals surface area contributed by atoms with E-state index in [1.54, 1.807) is 13.1 Å². The van der Waals surface area contributed by atoms with Crippen molar-refractivity contribution in [2.24, 2.45) is 0 Å². The standard InChI is InChI=1S/C11H21NO2/c1-6-7-8-9(12-5)10(13)14-11(2,3)4/h6,9,12H,1,7-8H2,2-5H3/t9-/m0/s1. The zero-order chi connectivity index (χ0) is 11.2. The molecule has 0 aliphatic rings. The Kier molecular flexibility index (Phi) is 5.46. The number of nitrogens with one attached hydrogen (secondary N) is 1. The summed E-state index contributed by atoms with van der Waals surface area (Å²) in [6, 6.07) is -0.229. The number of carbonyl (C=O) groups is 1. The van der Waals surface area contributed by atoms with Crippen molar-refractivity contribution in [2.75, 3.05) is 7.05 Å². The number of hydrogen-bond donors (Lipinski definition) is 1. The first-order valence-corrected chi connectivity index (χ1v) is 4.91. The van der Waals surface area contributed by atoms with Gasteiger partial charge in [-0.3, -0.25) is 4.79 Å². The number of hydrogen-bond acceptors (Lipinski definition) is 3. The van der Waals surface area contributed by atoms with Crippen LogP contribution in [0.15, 0.2) is 12.7 Å². The van der Waals surface area contributed by atoms with Crippen molar-refractivity contribution in [1.29, 1.82) is 0 Å². The van der Waals surface area contributed by atoms with Gasteiger partial charge in [0.2, 0.25) is 0 Å². The summed E-state index contributed by atoms with van der Waals surface area (Å²) in [7, 11) is 1.76. The lowest BCUT2D eigenvalue weighted by Gasteiger charge is -2.23. The van der Waals surface area contributed by atoms with Gasteiger partial charge >= 0.3 is 5.97 Å². The fourth-order valence-corrected chi connectivity index (χ4v) is 1.04. The second kappa shape index (κ2) is 5.81. The first kappa shape index (κ1) is 13.2. The van der Waals surface area contributed by atoms with Crippen LogP contribution in [0.25, 0.3) is 0 Å². The summed E-state index contributed by atoms with van der Waals surface area (Å²) in [5, 5.41) is 2.94. The minimum absolute atomic E-state index is 0.193. The van der Waals surface area contributed by atoms with Crippen LogP contribution in [0.5, 0.6) is 0 Å². The van der Waals surface area contributed by atoms with Crippen molar-refractivity contribution in [2.45, 2.75) is 45.3 Å². The lowest BCUT2D eigenvalue weighted by atomic mass is 10.1. The normalized spacial score (nSPS) is 13.4. The van der Waals surface area contributed by atoms with E-state index >= 15 is 0 Å². The molecule has 3 nitrogen and oxygen atoms in total. The molecule has 82 valence electrons. The van der Waals surface area contributed by atoms with E-state index in [2.05, 4.69) is 11.9 Å². The third-order valence-electron chi connectivity index (χ3n) is 1.70. The fraction of sp³-hybridized carbons (Fsp3) is 0.727. The van der Waals surface area contributed by atoms with Crippen LogP contribution in [-0.2, 0) is 9.53 Å². The molecule has 0 aliphatic heterocycles. The third kappa shape index (κ3) is 5.75. The van der Waals surface area contributed by atoms with E-state index in [-0.39, 0.29) is 12.0 Å². The third-order valence-corrected chi connectivity index (χ3v) is 1.70. The second-order valence-corrected chi connectivity index (χ2v) is 4.24. The van der Waals surface area contributed by atoms with Gasteiger partial charge in [0, 0.05) is 0 Å². The second-order valence-electron chi connectivity index (χ2n) is 4.24. The molecule has 0 saturated carbocycles. The first-order valence-electron chi connectivity index (χ1n) is 4.91. The lowest BCUT2D eigenvalue weighted by Crippen LogP contribution is -2.39. The van der Waals surface area contributed by atoms with E-state index in [1.165, 1.54) is 0 Å². The largest absolute Gasteiger partial charge is 0.459 e. The van der Waals surface area contributed by atoms with E-state index in [0.29, 0.717) is 0 Å². The van der Waals surface area contributed by atoms with Crippen LogP contribution in [0.4, 0.5) is 0 Å². The van der Waals surface area contributed by atoms with E-state index < -0.39 is 5.60 Å². The molecule has 1 atom stereocenters. The maximum absolute atomic E-state index is 11.6. The molecule has 0 aromatic carbocycles. The van der Waals surface area contributed by atoms with E-state index in [9.17, 15) is 4.79 Å². The van der Waals surface area contributed by atoms with Gasteiger partial charge < -0.3 is 10.1 Å². The fourth-order valence-electron chi connectivity index (χ4n) is 1.04. The maximum atomic E-state index is 11.6. The Balaban J connectivity index is 4.10. The highest BCUT2D eigenvalue weighted by atomic mass is 16.6. The molecular weight excluding hydrogens is 178 g/mol. The van der Waals surface area contributed by atoms with Gasteiger partial charge in [-0.15, -0.1) is 6.58 Å². The molecule has 0 unspecified atom stereocenters. The predicted octanol–water partition coefficient (Wildman–Crippen LogP) is 1.88. The minimum atomic E-state index is -0.416. The Hall–Kier alpha value is -0.830. The Morgan fingerprint density at radius 3 is 2.50 bits per heavy atom. The van der Waals surface area contributed by atoms with E-state index in [0.717, 1.165) is 12.8 Å². The molecule has 0 spiro atoms. The summed E-state index contributed by atoms with van der Waals surface area (Å²) in [6.07, 6.45) is 3.34. The topological polar surface area (TPSA) is 38.3 Å². The molecule has 0 rings (SSSR count). The number of ether oxygens (including phenoxy) is 1. The smallest absolute Gasteiger partial charge is 0.323 e. The monoisotopic (exact) mass is 199 g/mol. The highest BCUT2D eigenvalue weighted by molar-refractivity contribution is 5.76. The molecular formula is C11H21NO2. The van der Waals surface area contributed by atoms with E-state index in [4.69, 9.17) is 4.74 Å². The predicted molar refractivity (Wildman–Crippen MR) is 58.1 cm³/mol. The Morgan fingerprint density at radius 2 is 2.14 bits per heavy atom. The van der Waals surface area contributed by atoms with Crippen LogP contribution in [0.3, 0.4) is 0 Å². The number of carbonyl (C=O) groups excluding carboxylic acids is 1. The Morgan fingerprint density at radius 1 is 1.57 bits per heavy atom. The van der Waals surface area contributed by atoms with Crippen molar-refractivity contribution in [3.05, 3.63) is 12.7 Å². The molecule has 0 aromatic rings. The maximum Gasteiger partial charge on any atom is 0.323 e. The lowest BCUT2D eigenvalue weighted by molar-refractivity contribution is -0.157. The zero-order valence-electron chi connectivity index (χ0n) is 9.59. The quantitative estimate of drug-likeness (QED) is 0.542. The van der Waals surface area contributed by atoms with Crippen LogP contribution < -0.4 is 5.32 Å². The molecule has 1 N–H and O–H groups in total. The van der Waals surface area contributed by atoms with Gasteiger partial charge in [-0.1, -0.05) is 6.08 Å². The molecule has 14 heavy (non-hydrogen) atoms. The molecule has 0 aromatic heterocycles. The van der Waals surface area contributed by atoms with Gasteiger partial charge in [0.05, 0.1) is 0 Å². The van der Waals surface area contributed by atoms with Gasteiger partial charge in [0.25, 0.3) is 0 Å². The molecule has 3 heteroatoms. The molecule has 0 amide bonds. The molecule has 0 saturated heterocycles. The molecule has 0 heterocycles. The number of rotatable bonds is 5. The van der Waals surface area contributed by atoms with Gasteiger partial charge in [0.1, 0.15) is 11.6 Å². The zero-order valence-corrected chi connectivity index (χ0v) is 9.59. The summed E-state index contributed by atoms with van der Waals surface area (Å²) in [5.41, 5.74) is -0.416. The number of esters is 1. The summed E-state index contributed by atoms with van der Waals surface area (Å²) >= 11 is 0. The van der Waals surface area contributed by atoms with Gasteiger partial charge in [-0.25, -0.2) is 0 Å². The van der Waals surface area contributed by atoms with Crippen molar-refractivity contribution in [3.63, 3.8) is 0 Å². The number of likely N-dealkylation sites (N-methyl/N-ethyl adjacent to an activating group) is 1. The summed E-state index contributed by atoms with van der Waals surface area (Å²) in [5.74, 6) is -0.193.